The summed E-state index contributed by atoms with van der Waals surface area (Å²) in [4.78, 5) is 16.0. The molecule has 3 rings (SSSR count). The van der Waals surface area contributed by atoms with Gasteiger partial charge >= 0.3 is 0 Å². The maximum Gasteiger partial charge on any atom is 0.221 e. The van der Waals surface area contributed by atoms with Crippen LogP contribution in [0.4, 0.5) is 5.69 Å². The average Bonchev–Trinajstić information content (AvgIpc) is 2.55. The summed E-state index contributed by atoms with van der Waals surface area (Å²) < 4.78 is 0. The van der Waals surface area contributed by atoms with E-state index in [0.717, 1.165) is 35.7 Å². The number of carbonyl (C=O) groups excluding carboxylic acids is 1. The molecule has 1 atom stereocenters. The summed E-state index contributed by atoms with van der Waals surface area (Å²) >= 11 is 0. The van der Waals surface area contributed by atoms with Gasteiger partial charge in [-0.1, -0.05) is 18.2 Å². The highest BCUT2D eigenvalue weighted by Gasteiger charge is 2.16. The van der Waals surface area contributed by atoms with Crippen molar-refractivity contribution in [2.45, 2.75) is 25.7 Å². The third-order valence-electron chi connectivity index (χ3n) is 3.96. The monoisotopic (exact) mass is 295 g/mol. The number of pyridine rings is 1. The zero-order valence-corrected chi connectivity index (χ0v) is 12.8. The van der Waals surface area contributed by atoms with Gasteiger partial charge in [0, 0.05) is 36.3 Å². The molecule has 2 heterocycles. The van der Waals surface area contributed by atoms with Crippen molar-refractivity contribution in [2.75, 3.05) is 18.4 Å². The van der Waals surface area contributed by atoms with E-state index < -0.39 is 0 Å². The second kappa shape index (κ2) is 6.71. The highest BCUT2D eigenvalue weighted by atomic mass is 16.1. The second-order valence-corrected chi connectivity index (χ2v) is 5.75. The SMILES string of the molecule is CC(=O)Nc1cccc(-c2cccc([C@@H]3CCCNC3)n2)c1. The summed E-state index contributed by atoms with van der Waals surface area (Å²) in [6.07, 6.45) is 2.39. The number of nitrogens with zero attached hydrogens (tertiary/aromatic N) is 1. The van der Waals surface area contributed by atoms with Gasteiger partial charge in [0.05, 0.1) is 5.69 Å². The molecule has 1 amide bonds. The fourth-order valence-corrected chi connectivity index (χ4v) is 2.90. The van der Waals surface area contributed by atoms with Crippen LogP contribution in [0.15, 0.2) is 42.5 Å². The first-order valence-corrected chi connectivity index (χ1v) is 7.78. The van der Waals surface area contributed by atoms with Gasteiger partial charge in [0.2, 0.25) is 5.91 Å². The molecule has 4 nitrogen and oxygen atoms in total. The van der Waals surface area contributed by atoms with Crippen molar-refractivity contribution in [3.05, 3.63) is 48.2 Å². The molecule has 0 unspecified atom stereocenters. The minimum Gasteiger partial charge on any atom is -0.326 e. The second-order valence-electron chi connectivity index (χ2n) is 5.75. The van der Waals surface area contributed by atoms with E-state index in [-0.39, 0.29) is 5.91 Å². The van der Waals surface area contributed by atoms with Gasteiger partial charge < -0.3 is 10.6 Å². The van der Waals surface area contributed by atoms with Crippen LogP contribution in [0.5, 0.6) is 0 Å². The first-order chi connectivity index (χ1) is 10.7. The topological polar surface area (TPSA) is 54.0 Å². The first-order valence-electron chi connectivity index (χ1n) is 7.78. The largest absolute Gasteiger partial charge is 0.326 e. The van der Waals surface area contributed by atoms with Crippen LogP contribution in [0.1, 0.15) is 31.4 Å². The van der Waals surface area contributed by atoms with Crippen molar-refractivity contribution in [3.8, 4) is 11.3 Å². The quantitative estimate of drug-likeness (QED) is 0.914. The van der Waals surface area contributed by atoms with Crippen molar-refractivity contribution in [2.24, 2.45) is 0 Å². The zero-order valence-electron chi connectivity index (χ0n) is 12.8. The van der Waals surface area contributed by atoms with E-state index >= 15 is 0 Å². The Bertz CT molecular complexity index is 663. The molecule has 1 aliphatic heterocycles. The van der Waals surface area contributed by atoms with Gasteiger partial charge in [-0.05, 0) is 43.7 Å². The number of anilines is 1. The Morgan fingerprint density at radius 1 is 1.27 bits per heavy atom. The summed E-state index contributed by atoms with van der Waals surface area (Å²) in [6, 6.07) is 14.0. The van der Waals surface area contributed by atoms with Crippen LogP contribution < -0.4 is 10.6 Å². The van der Waals surface area contributed by atoms with Crippen molar-refractivity contribution in [1.29, 1.82) is 0 Å². The fraction of sp³-hybridized carbons (Fsp3) is 0.333. The van der Waals surface area contributed by atoms with Crippen molar-refractivity contribution in [3.63, 3.8) is 0 Å². The number of hydrogen-bond donors (Lipinski definition) is 2. The molecule has 1 fully saturated rings. The van der Waals surface area contributed by atoms with E-state index in [1.165, 1.54) is 19.8 Å². The molecule has 1 aromatic heterocycles. The molecule has 1 aliphatic rings. The van der Waals surface area contributed by atoms with Gasteiger partial charge in [0.25, 0.3) is 0 Å². The minimum atomic E-state index is -0.0628. The van der Waals surface area contributed by atoms with E-state index in [9.17, 15) is 4.79 Å². The van der Waals surface area contributed by atoms with Crippen LogP contribution in [0.25, 0.3) is 11.3 Å². The third-order valence-corrected chi connectivity index (χ3v) is 3.96. The molecular formula is C18H21N3O. The number of hydrogen-bond acceptors (Lipinski definition) is 3. The zero-order chi connectivity index (χ0) is 15.4. The van der Waals surface area contributed by atoms with Crippen LogP contribution in [0.3, 0.4) is 0 Å². The summed E-state index contributed by atoms with van der Waals surface area (Å²) in [5.74, 6) is 0.430. The molecule has 22 heavy (non-hydrogen) atoms. The van der Waals surface area contributed by atoms with Crippen LogP contribution in [-0.4, -0.2) is 24.0 Å². The fourth-order valence-electron chi connectivity index (χ4n) is 2.90. The van der Waals surface area contributed by atoms with Gasteiger partial charge in [-0.2, -0.15) is 0 Å². The summed E-state index contributed by atoms with van der Waals surface area (Å²) in [5.41, 5.74) is 3.93. The molecule has 0 saturated carbocycles. The maximum atomic E-state index is 11.2. The van der Waals surface area contributed by atoms with Crippen molar-refractivity contribution < 1.29 is 4.79 Å². The molecule has 1 saturated heterocycles. The molecule has 0 radical (unpaired) electrons. The van der Waals surface area contributed by atoms with E-state index in [1.54, 1.807) is 0 Å². The number of rotatable bonds is 3. The van der Waals surface area contributed by atoms with Crippen molar-refractivity contribution >= 4 is 11.6 Å². The number of aromatic nitrogens is 1. The Morgan fingerprint density at radius 2 is 2.14 bits per heavy atom. The molecule has 1 aromatic carbocycles. The predicted octanol–water partition coefficient (Wildman–Crippen LogP) is 3.17. The van der Waals surface area contributed by atoms with Gasteiger partial charge in [-0.25, -0.2) is 0 Å². The van der Waals surface area contributed by atoms with E-state index in [0.29, 0.717) is 5.92 Å². The van der Waals surface area contributed by atoms with Crippen LogP contribution in [0, 0.1) is 0 Å². The molecule has 4 heteroatoms. The highest BCUT2D eigenvalue weighted by Crippen LogP contribution is 2.26. The molecular weight excluding hydrogens is 274 g/mol. The van der Waals surface area contributed by atoms with Gasteiger partial charge in [0.15, 0.2) is 0 Å². The lowest BCUT2D eigenvalue weighted by Crippen LogP contribution is -2.28. The average molecular weight is 295 g/mol. The number of piperidine rings is 1. The Kier molecular flexibility index (Phi) is 4.49. The first kappa shape index (κ1) is 14.7. The predicted molar refractivity (Wildman–Crippen MR) is 88.8 cm³/mol. The third kappa shape index (κ3) is 3.52. The van der Waals surface area contributed by atoms with E-state index in [4.69, 9.17) is 4.98 Å². The molecule has 0 spiro atoms. The number of nitrogens with one attached hydrogen (secondary N) is 2. The lowest BCUT2D eigenvalue weighted by atomic mass is 9.95. The Labute approximate surface area is 131 Å². The molecule has 2 aromatic rings. The molecule has 0 bridgehead atoms. The summed E-state index contributed by atoms with van der Waals surface area (Å²) in [7, 11) is 0. The summed E-state index contributed by atoms with van der Waals surface area (Å²) in [6.45, 7) is 3.62. The van der Waals surface area contributed by atoms with Crippen LogP contribution in [-0.2, 0) is 4.79 Å². The van der Waals surface area contributed by atoms with Crippen LogP contribution >= 0.6 is 0 Å². The molecule has 114 valence electrons. The number of carbonyl (C=O) groups is 1. The highest BCUT2D eigenvalue weighted by molar-refractivity contribution is 5.89. The van der Waals surface area contributed by atoms with E-state index in [2.05, 4.69) is 22.8 Å². The lowest BCUT2D eigenvalue weighted by molar-refractivity contribution is -0.114. The lowest BCUT2D eigenvalue weighted by Gasteiger charge is -2.22. The number of amides is 1. The Balaban J connectivity index is 1.86. The maximum absolute atomic E-state index is 11.2. The smallest absolute Gasteiger partial charge is 0.221 e. The minimum absolute atomic E-state index is 0.0628. The van der Waals surface area contributed by atoms with Gasteiger partial charge in [0.1, 0.15) is 0 Å². The van der Waals surface area contributed by atoms with Crippen LogP contribution in [0.2, 0.25) is 0 Å². The summed E-state index contributed by atoms with van der Waals surface area (Å²) in [5, 5.41) is 6.25. The van der Waals surface area contributed by atoms with Crippen molar-refractivity contribution in [1.82, 2.24) is 10.3 Å². The Morgan fingerprint density at radius 3 is 2.91 bits per heavy atom. The van der Waals surface area contributed by atoms with Gasteiger partial charge in [-0.15, -0.1) is 0 Å². The molecule has 0 aliphatic carbocycles. The normalized spacial score (nSPS) is 18.0. The number of benzene rings is 1. The van der Waals surface area contributed by atoms with Gasteiger partial charge in [-0.3, -0.25) is 9.78 Å². The van der Waals surface area contributed by atoms with E-state index in [1.807, 2.05) is 30.3 Å². The Hall–Kier alpha value is -2.20. The molecule has 2 N–H and O–H groups in total. The standard InChI is InChI=1S/C18H21N3O/c1-13(22)20-16-7-2-5-14(11-16)17-8-3-9-18(21-17)15-6-4-10-19-12-15/h2-3,5,7-9,11,15,19H,4,6,10,12H2,1H3,(H,20,22)/t15-/m1/s1.